The Hall–Kier alpha value is -0.590. The fraction of sp³-hybridized carbons (Fsp3) is 0.778. The zero-order valence-electron chi connectivity index (χ0n) is 8.59. The molecule has 0 bridgehead atoms. The highest BCUT2D eigenvalue weighted by Crippen LogP contribution is 2.28. The van der Waals surface area contributed by atoms with E-state index in [-0.39, 0.29) is 18.3 Å². The molecule has 3 atom stereocenters. The summed E-state index contributed by atoms with van der Waals surface area (Å²) in [7, 11) is 0. The molecule has 5 nitrogen and oxygen atoms in total. The molecule has 0 aliphatic carbocycles. The van der Waals surface area contributed by atoms with Crippen molar-refractivity contribution in [2.45, 2.75) is 31.9 Å². The molecule has 2 amide bonds. The Morgan fingerprint density at radius 2 is 2.20 bits per heavy atom. The maximum atomic E-state index is 11.8. The van der Waals surface area contributed by atoms with Crippen LogP contribution in [0.5, 0.6) is 0 Å². The van der Waals surface area contributed by atoms with Gasteiger partial charge in [0.15, 0.2) is 6.10 Å². The Kier molecular flexibility index (Phi) is 3.75. The van der Waals surface area contributed by atoms with Gasteiger partial charge in [-0.1, -0.05) is 0 Å². The van der Waals surface area contributed by atoms with Crippen molar-refractivity contribution >= 4 is 24.6 Å². The molecule has 2 unspecified atom stereocenters. The van der Waals surface area contributed by atoms with Crippen LogP contribution >= 0.6 is 12.6 Å². The summed E-state index contributed by atoms with van der Waals surface area (Å²) in [5.41, 5.74) is 0. The SMILES string of the molecule is C[C@@H]1CCC[N+]1(C(=O)O)C(=O)C(O)CS. The second-order valence-electron chi connectivity index (χ2n) is 3.90. The average molecular weight is 234 g/mol. The fourth-order valence-electron chi connectivity index (χ4n) is 2.13. The normalized spacial score (nSPS) is 32.6. The van der Waals surface area contributed by atoms with Crippen LogP contribution in [0.25, 0.3) is 0 Å². The molecule has 6 heteroatoms. The first-order valence-electron chi connectivity index (χ1n) is 4.91. The molecule has 1 saturated heterocycles. The van der Waals surface area contributed by atoms with Crippen LogP contribution in [0.15, 0.2) is 0 Å². The second kappa shape index (κ2) is 4.51. The first-order chi connectivity index (χ1) is 6.96. The molecule has 0 spiro atoms. The summed E-state index contributed by atoms with van der Waals surface area (Å²) in [6, 6.07) is -0.274. The minimum absolute atomic E-state index is 0.0428. The maximum absolute atomic E-state index is 11.8. The van der Waals surface area contributed by atoms with Gasteiger partial charge in [0.05, 0.1) is 6.54 Å². The number of carboxylic acid groups (broad SMARTS) is 1. The van der Waals surface area contributed by atoms with E-state index in [1.165, 1.54) is 0 Å². The summed E-state index contributed by atoms with van der Waals surface area (Å²) < 4.78 is -0.651. The second-order valence-corrected chi connectivity index (χ2v) is 4.27. The molecule has 1 heterocycles. The van der Waals surface area contributed by atoms with Crippen molar-refractivity contribution < 1.29 is 24.3 Å². The minimum atomic E-state index is -1.30. The van der Waals surface area contributed by atoms with E-state index in [0.29, 0.717) is 12.8 Å². The number of hydrogen-bond acceptors (Lipinski definition) is 4. The number of rotatable bonds is 2. The van der Waals surface area contributed by atoms with Gasteiger partial charge in [-0.05, 0) is 6.92 Å². The lowest BCUT2D eigenvalue weighted by atomic mass is 10.2. The third-order valence-electron chi connectivity index (χ3n) is 3.08. The molecule has 15 heavy (non-hydrogen) atoms. The van der Waals surface area contributed by atoms with Gasteiger partial charge in [0.25, 0.3) is 0 Å². The van der Waals surface area contributed by atoms with Gasteiger partial charge in [0.2, 0.25) is 0 Å². The molecular formula is C9H16NO4S+. The molecule has 1 aliphatic rings. The summed E-state index contributed by atoms with van der Waals surface area (Å²) in [5.74, 6) is -0.693. The Bertz CT molecular complexity index is 283. The van der Waals surface area contributed by atoms with Crippen molar-refractivity contribution in [1.82, 2.24) is 0 Å². The van der Waals surface area contributed by atoms with E-state index in [2.05, 4.69) is 12.6 Å². The highest BCUT2D eigenvalue weighted by Gasteiger charge is 2.54. The van der Waals surface area contributed by atoms with Crippen molar-refractivity contribution in [3.8, 4) is 0 Å². The predicted octanol–water partition coefficient (Wildman–Crippen LogP) is 0.481. The number of amides is 2. The van der Waals surface area contributed by atoms with Crippen molar-refractivity contribution in [2.75, 3.05) is 12.3 Å². The molecule has 0 saturated carbocycles. The Morgan fingerprint density at radius 3 is 2.53 bits per heavy atom. The molecule has 0 aromatic rings. The number of aliphatic hydroxyl groups is 1. The van der Waals surface area contributed by atoms with Crippen LogP contribution in [0.4, 0.5) is 4.79 Å². The van der Waals surface area contributed by atoms with Gasteiger partial charge >= 0.3 is 12.0 Å². The van der Waals surface area contributed by atoms with Crippen LogP contribution in [0.1, 0.15) is 19.8 Å². The van der Waals surface area contributed by atoms with E-state index in [1.807, 2.05) is 0 Å². The van der Waals surface area contributed by atoms with E-state index in [4.69, 9.17) is 5.11 Å². The zero-order chi connectivity index (χ0) is 11.6. The highest BCUT2D eigenvalue weighted by atomic mass is 32.1. The summed E-state index contributed by atoms with van der Waals surface area (Å²) in [4.78, 5) is 23.1. The van der Waals surface area contributed by atoms with Gasteiger partial charge in [-0.3, -0.25) is 0 Å². The molecule has 1 rings (SSSR count). The monoisotopic (exact) mass is 234 g/mol. The Balaban J connectivity index is 3.02. The van der Waals surface area contributed by atoms with Crippen LogP contribution in [0, 0.1) is 0 Å². The van der Waals surface area contributed by atoms with Crippen molar-refractivity contribution in [2.24, 2.45) is 0 Å². The number of carbonyl (C=O) groups is 2. The molecule has 1 aliphatic heterocycles. The number of quaternary nitrogens is 1. The number of likely N-dealkylation sites (tertiary alicyclic amines) is 1. The molecular weight excluding hydrogens is 218 g/mol. The third-order valence-corrected chi connectivity index (χ3v) is 3.42. The third kappa shape index (κ3) is 1.89. The summed E-state index contributed by atoms with van der Waals surface area (Å²) >= 11 is 3.81. The smallest absolute Gasteiger partial charge is 0.435 e. The van der Waals surface area contributed by atoms with Crippen LogP contribution in [0.3, 0.4) is 0 Å². The number of carbonyl (C=O) groups excluding carboxylic acids is 1. The number of nitrogens with zero attached hydrogens (tertiary/aromatic N) is 1. The van der Waals surface area contributed by atoms with E-state index in [0.717, 1.165) is 0 Å². The van der Waals surface area contributed by atoms with Crippen molar-refractivity contribution in [1.29, 1.82) is 0 Å². The van der Waals surface area contributed by atoms with Gasteiger partial charge in [0, 0.05) is 18.6 Å². The number of hydrogen-bond donors (Lipinski definition) is 3. The Morgan fingerprint density at radius 1 is 1.60 bits per heavy atom. The van der Waals surface area contributed by atoms with Gasteiger partial charge < -0.3 is 10.2 Å². The quantitative estimate of drug-likeness (QED) is 0.480. The standard InChI is InChI=1S/C9H15NO4S/c1-6-3-2-4-10(6,9(13)14)8(12)7(11)5-15/h6-7,11H,2-5H2,1H3,(H-,13,14,15)/p+1/t6-,7?,10?/m1/s1. The van der Waals surface area contributed by atoms with Gasteiger partial charge in [-0.15, -0.1) is 0 Å². The predicted molar refractivity (Wildman–Crippen MR) is 56.7 cm³/mol. The molecule has 1 fully saturated rings. The van der Waals surface area contributed by atoms with E-state index in [1.54, 1.807) is 6.92 Å². The van der Waals surface area contributed by atoms with Gasteiger partial charge in [0.1, 0.15) is 6.04 Å². The summed E-state index contributed by atoms with van der Waals surface area (Å²) in [6.07, 6.45) is -1.09. The van der Waals surface area contributed by atoms with E-state index in [9.17, 15) is 14.7 Å². The zero-order valence-corrected chi connectivity index (χ0v) is 9.48. The molecule has 86 valence electrons. The largest absolute Gasteiger partial charge is 0.521 e. The number of imide groups is 1. The van der Waals surface area contributed by atoms with Crippen molar-refractivity contribution in [3.05, 3.63) is 0 Å². The molecule has 2 N–H and O–H groups in total. The lowest BCUT2D eigenvalue weighted by Gasteiger charge is -2.30. The maximum Gasteiger partial charge on any atom is 0.521 e. The molecule has 0 aromatic heterocycles. The topological polar surface area (TPSA) is 74.6 Å². The summed E-state index contributed by atoms with van der Waals surface area (Å²) in [6.45, 7) is 1.99. The lowest BCUT2D eigenvalue weighted by molar-refractivity contribution is -0.794. The molecule has 0 radical (unpaired) electrons. The Labute approximate surface area is 93.7 Å². The lowest BCUT2D eigenvalue weighted by Crippen LogP contribution is -2.62. The molecule has 0 aromatic carbocycles. The fourth-order valence-corrected chi connectivity index (χ4v) is 2.28. The van der Waals surface area contributed by atoms with Gasteiger partial charge in [-0.2, -0.15) is 21.9 Å². The first-order valence-corrected chi connectivity index (χ1v) is 5.54. The first kappa shape index (κ1) is 12.5. The van der Waals surface area contributed by atoms with Crippen LogP contribution in [-0.2, 0) is 4.79 Å². The summed E-state index contributed by atoms with van der Waals surface area (Å²) in [5, 5.41) is 18.6. The van der Waals surface area contributed by atoms with E-state index >= 15 is 0 Å². The van der Waals surface area contributed by atoms with Crippen LogP contribution in [-0.4, -0.2) is 51.1 Å². The number of thiol groups is 1. The van der Waals surface area contributed by atoms with Crippen LogP contribution in [0.2, 0.25) is 0 Å². The number of aliphatic hydroxyl groups excluding tert-OH is 1. The van der Waals surface area contributed by atoms with Crippen molar-refractivity contribution in [3.63, 3.8) is 0 Å². The minimum Gasteiger partial charge on any atom is -0.435 e. The average Bonchev–Trinajstić information content (AvgIpc) is 2.58. The van der Waals surface area contributed by atoms with E-state index < -0.39 is 22.6 Å². The highest BCUT2D eigenvalue weighted by molar-refractivity contribution is 7.80. The van der Waals surface area contributed by atoms with Crippen LogP contribution < -0.4 is 0 Å². The van der Waals surface area contributed by atoms with Gasteiger partial charge in [-0.25, -0.2) is 4.79 Å².